The third-order valence-electron chi connectivity index (χ3n) is 5.36. The molecule has 2 heteroatoms. The van der Waals surface area contributed by atoms with Gasteiger partial charge in [-0.05, 0) is 63.0 Å². The second-order valence-electron chi connectivity index (χ2n) is 6.68. The first-order valence-corrected chi connectivity index (χ1v) is 7.47. The number of hydrogen-bond donors (Lipinski definition) is 0. The lowest BCUT2D eigenvalue weighted by Crippen LogP contribution is -2.30. The van der Waals surface area contributed by atoms with Gasteiger partial charge in [0.05, 0.1) is 5.71 Å². The van der Waals surface area contributed by atoms with Crippen molar-refractivity contribution < 1.29 is 4.84 Å². The summed E-state index contributed by atoms with van der Waals surface area (Å²) < 4.78 is 0. The van der Waals surface area contributed by atoms with Crippen LogP contribution in [-0.2, 0) is 4.84 Å². The van der Waals surface area contributed by atoms with Crippen LogP contribution in [-0.4, -0.2) is 11.8 Å². The molecule has 1 aromatic carbocycles. The van der Waals surface area contributed by atoms with Crippen LogP contribution in [0.1, 0.15) is 41.5 Å². The van der Waals surface area contributed by atoms with Gasteiger partial charge in [0.15, 0.2) is 0 Å². The number of fused-ring (bicyclic) bond motifs is 5. The molecule has 0 N–H and O–H groups in total. The van der Waals surface area contributed by atoms with Crippen molar-refractivity contribution >= 4 is 5.71 Å². The van der Waals surface area contributed by atoms with Crippen molar-refractivity contribution in [2.75, 3.05) is 0 Å². The third-order valence-corrected chi connectivity index (χ3v) is 5.36. The minimum atomic E-state index is 0.383. The monoisotopic (exact) mass is 255 g/mol. The van der Waals surface area contributed by atoms with Crippen molar-refractivity contribution in [3.63, 3.8) is 0 Å². The molecule has 100 valence electrons. The molecule has 4 atom stereocenters. The molecule has 1 heterocycles. The Balaban J connectivity index is 1.78. The van der Waals surface area contributed by atoms with Crippen LogP contribution in [0, 0.1) is 38.5 Å². The first-order chi connectivity index (χ1) is 9.15. The van der Waals surface area contributed by atoms with Gasteiger partial charge in [0.1, 0.15) is 6.10 Å². The van der Waals surface area contributed by atoms with E-state index in [9.17, 15) is 0 Å². The molecule has 1 aliphatic heterocycles. The lowest BCUT2D eigenvalue weighted by molar-refractivity contribution is 0.0275. The first kappa shape index (κ1) is 11.5. The molecule has 2 nitrogen and oxygen atoms in total. The van der Waals surface area contributed by atoms with E-state index in [-0.39, 0.29) is 0 Å². The summed E-state index contributed by atoms with van der Waals surface area (Å²) in [5, 5.41) is 4.50. The summed E-state index contributed by atoms with van der Waals surface area (Å²) in [6, 6.07) is 4.54. The van der Waals surface area contributed by atoms with Gasteiger partial charge in [-0.3, -0.25) is 0 Å². The molecule has 2 bridgehead atoms. The van der Waals surface area contributed by atoms with Gasteiger partial charge in [-0.25, -0.2) is 0 Å². The van der Waals surface area contributed by atoms with E-state index in [0.717, 1.165) is 11.8 Å². The molecule has 19 heavy (non-hydrogen) atoms. The smallest absolute Gasteiger partial charge is 0.139 e. The highest BCUT2D eigenvalue weighted by Gasteiger charge is 2.54. The van der Waals surface area contributed by atoms with Gasteiger partial charge < -0.3 is 4.84 Å². The van der Waals surface area contributed by atoms with Gasteiger partial charge >= 0.3 is 0 Å². The maximum atomic E-state index is 5.81. The maximum absolute atomic E-state index is 5.81. The molecule has 3 aliphatic rings. The Morgan fingerprint density at radius 2 is 1.74 bits per heavy atom. The highest BCUT2D eigenvalue weighted by molar-refractivity contribution is 6.05. The van der Waals surface area contributed by atoms with Gasteiger partial charge in [-0.15, -0.1) is 0 Å². The Labute approximate surface area is 114 Å². The van der Waals surface area contributed by atoms with E-state index >= 15 is 0 Å². The van der Waals surface area contributed by atoms with E-state index in [1.165, 1.54) is 47.2 Å². The van der Waals surface area contributed by atoms with Crippen LogP contribution in [0.5, 0.6) is 0 Å². The molecular formula is C17H21NO. The zero-order valence-electron chi connectivity index (χ0n) is 11.9. The first-order valence-electron chi connectivity index (χ1n) is 7.47. The topological polar surface area (TPSA) is 21.6 Å². The molecule has 0 aromatic heterocycles. The minimum Gasteiger partial charge on any atom is -0.391 e. The lowest BCUT2D eigenvalue weighted by Gasteiger charge is -2.24. The predicted octanol–water partition coefficient (Wildman–Crippen LogP) is 3.76. The summed E-state index contributed by atoms with van der Waals surface area (Å²) in [7, 11) is 0. The second kappa shape index (κ2) is 3.84. The molecule has 0 unspecified atom stereocenters. The lowest BCUT2D eigenvalue weighted by atomic mass is 9.79. The van der Waals surface area contributed by atoms with Crippen LogP contribution in [0.3, 0.4) is 0 Å². The van der Waals surface area contributed by atoms with Crippen molar-refractivity contribution in [1.29, 1.82) is 0 Å². The highest BCUT2D eigenvalue weighted by atomic mass is 16.6. The standard InChI is InChI=1S/C17H21NO/c1-9-6-10(2)14(11(3)7-9)16-15-12-4-5-13(8-12)17(15)19-18-16/h6-7,12-13,15,17H,4-5,8H2,1-3H3/t12-,13-,15+,17-/m1/s1. The van der Waals surface area contributed by atoms with Crippen molar-refractivity contribution in [3.05, 3.63) is 34.4 Å². The third kappa shape index (κ3) is 1.52. The summed E-state index contributed by atoms with van der Waals surface area (Å²) in [6.45, 7) is 6.58. The number of rotatable bonds is 1. The van der Waals surface area contributed by atoms with E-state index < -0.39 is 0 Å². The van der Waals surface area contributed by atoms with Gasteiger partial charge in [0, 0.05) is 11.5 Å². The molecule has 2 aliphatic carbocycles. The normalized spacial score (nSPS) is 35.2. The van der Waals surface area contributed by atoms with Gasteiger partial charge in [0.2, 0.25) is 0 Å². The molecule has 0 amide bonds. The Hall–Kier alpha value is -1.31. The fraction of sp³-hybridized carbons (Fsp3) is 0.588. The average molecular weight is 255 g/mol. The van der Waals surface area contributed by atoms with Crippen LogP contribution in [0.4, 0.5) is 0 Å². The zero-order valence-corrected chi connectivity index (χ0v) is 11.9. The Bertz CT molecular complexity index is 552. The molecule has 0 saturated heterocycles. The Morgan fingerprint density at radius 3 is 2.47 bits per heavy atom. The Kier molecular flexibility index (Phi) is 2.33. The number of benzene rings is 1. The van der Waals surface area contributed by atoms with E-state index in [0.29, 0.717) is 12.0 Å². The molecule has 4 rings (SSSR count). The zero-order chi connectivity index (χ0) is 13.1. The Morgan fingerprint density at radius 1 is 1.05 bits per heavy atom. The summed E-state index contributed by atoms with van der Waals surface area (Å²) >= 11 is 0. The molecular weight excluding hydrogens is 234 g/mol. The summed E-state index contributed by atoms with van der Waals surface area (Å²) in [5.74, 6) is 2.15. The number of aryl methyl sites for hydroxylation is 3. The van der Waals surface area contributed by atoms with Gasteiger partial charge in [-0.1, -0.05) is 22.9 Å². The summed E-state index contributed by atoms with van der Waals surface area (Å²) in [5.41, 5.74) is 6.63. The van der Waals surface area contributed by atoms with Gasteiger partial charge in [0.25, 0.3) is 0 Å². The van der Waals surface area contributed by atoms with Crippen molar-refractivity contribution in [2.45, 2.75) is 46.1 Å². The number of nitrogens with zero attached hydrogens (tertiary/aromatic N) is 1. The highest BCUT2D eigenvalue weighted by Crippen LogP contribution is 2.53. The van der Waals surface area contributed by atoms with Crippen molar-refractivity contribution in [2.24, 2.45) is 22.9 Å². The molecule has 2 saturated carbocycles. The fourth-order valence-corrected chi connectivity index (χ4v) is 4.74. The van der Waals surface area contributed by atoms with Gasteiger partial charge in [-0.2, -0.15) is 0 Å². The summed E-state index contributed by atoms with van der Waals surface area (Å²) in [6.07, 6.45) is 4.46. The van der Waals surface area contributed by atoms with Crippen LogP contribution in [0.15, 0.2) is 17.3 Å². The maximum Gasteiger partial charge on any atom is 0.139 e. The van der Waals surface area contributed by atoms with Crippen molar-refractivity contribution in [1.82, 2.24) is 0 Å². The molecule has 0 radical (unpaired) electrons. The predicted molar refractivity (Wildman–Crippen MR) is 76.4 cm³/mol. The van der Waals surface area contributed by atoms with Crippen molar-refractivity contribution in [3.8, 4) is 0 Å². The van der Waals surface area contributed by atoms with Crippen LogP contribution in [0.25, 0.3) is 0 Å². The minimum absolute atomic E-state index is 0.383. The molecule has 1 aromatic rings. The van der Waals surface area contributed by atoms with Crippen LogP contribution >= 0.6 is 0 Å². The SMILES string of the molecule is Cc1cc(C)c(C2=NO[C@@H]3[C@@H]4CC[C@H](C4)[C@@H]23)c(C)c1. The fourth-order valence-electron chi connectivity index (χ4n) is 4.74. The summed E-state index contributed by atoms with van der Waals surface area (Å²) in [4.78, 5) is 5.81. The van der Waals surface area contributed by atoms with E-state index in [1.807, 2.05) is 0 Å². The van der Waals surface area contributed by atoms with E-state index in [4.69, 9.17) is 4.84 Å². The van der Waals surface area contributed by atoms with E-state index in [1.54, 1.807) is 0 Å². The molecule has 0 spiro atoms. The quantitative estimate of drug-likeness (QED) is 0.748. The van der Waals surface area contributed by atoms with Crippen LogP contribution < -0.4 is 0 Å². The number of oxime groups is 1. The largest absolute Gasteiger partial charge is 0.391 e. The number of hydrogen-bond acceptors (Lipinski definition) is 2. The molecule has 2 fully saturated rings. The van der Waals surface area contributed by atoms with E-state index in [2.05, 4.69) is 38.1 Å². The van der Waals surface area contributed by atoms with Crippen LogP contribution in [0.2, 0.25) is 0 Å². The second-order valence-corrected chi connectivity index (χ2v) is 6.68. The average Bonchev–Trinajstić information content (AvgIpc) is 2.98.